The number of carboxylic acid groups (broad SMARTS) is 1. The predicted molar refractivity (Wildman–Crippen MR) is 67.0 cm³/mol. The van der Waals surface area contributed by atoms with Crippen LogP contribution in [-0.2, 0) is 14.3 Å². The van der Waals surface area contributed by atoms with Crippen LogP contribution in [0.5, 0.6) is 0 Å². The van der Waals surface area contributed by atoms with Crippen LogP contribution in [0.15, 0.2) is 12.2 Å². The summed E-state index contributed by atoms with van der Waals surface area (Å²) in [7, 11) is 0. The third kappa shape index (κ3) is 2.89. The first kappa shape index (κ1) is 14.2. The molecule has 0 fully saturated rings. The second-order valence-corrected chi connectivity index (χ2v) is 5.35. The molecule has 96 valence electrons. The average Bonchev–Trinajstić information content (AvgIpc) is 2.66. The smallest absolute Gasteiger partial charge is 0.324 e. The Morgan fingerprint density at radius 3 is 2.35 bits per heavy atom. The van der Waals surface area contributed by atoms with Gasteiger partial charge in [-0.2, -0.15) is 0 Å². The van der Waals surface area contributed by atoms with E-state index >= 15 is 0 Å². The standard InChI is InChI=1S/C12H17BrO4/c1-3-12(4-2,10(14)15)11(16)17-9-6-5-8(13)7-9/h5-6,8-9H,3-4,7H2,1-2H3,(H,14,15). The maximum absolute atomic E-state index is 12.0. The molecule has 0 aromatic heterocycles. The lowest BCUT2D eigenvalue weighted by Crippen LogP contribution is -2.41. The fourth-order valence-electron chi connectivity index (χ4n) is 1.89. The topological polar surface area (TPSA) is 63.6 Å². The van der Waals surface area contributed by atoms with E-state index in [1.807, 2.05) is 6.08 Å². The third-order valence-corrected chi connectivity index (χ3v) is 3.94. The summed E-state index contributed by atoms with van der Waals surface area (Å²) in [6.07, 6.45) is 4.52. The van der Waals surface area contributed by atoms with Crippen LogP contribution in [0.4, 0.5) is 0 Å². The zero-order chi connectivity index (χ0) is 13.1. The van der Waals surface area contributed by atoms with E-state index in [-0.39, 0.29) is 23.8 Å². The molecule has 0 saturated heterocycles. The summed E-state index contributed by atoms with van der Waals surface area (Å²) in [5.74, 6) is -1.74. The lowest BCUT2D eigenvalue weighted by atomic mass is 9.82. The summed E-state index contributed by atoms with van der Waals surface area (Å²) in [5.41, 5.74) is -1.40. The van der Waals surface area contributed by atoms with Gasteiger partial charge in [0.1, 0.15) is 6.10 Å². The largest absolute Gasteiger partial charge is 0.480 e. The highest BCUT2D eigenvalue weighted by molar-refractivity contribution is 9.09. The molecular weight excluding hydrogens is 288 g/mol. The first-order valence-corrected chi connectivity index (χ1v) is 6.64. The van der Waals surface area contributed by atoms with Crippen molar-refractivity contribution in [3.8, 4) is 0 Å². The monoisotopic (exact) mass is 304 g/mol. The van der Waals surface area contributed by atoms with E-state index in [1.54, 1.807) is 19.9 Å². The van der Waals surface area contributed by atoms with Gasteiger partial charge in [0.2, 0.25) is 0 Å². The van der Waals surface area contributed by atoms with Crippen LogP contribution in [0.3, 0.4) is 0 Å². The number of hydrogen-bond acceptors (Lipinski definition) is 3. The van der Waals surface area contributed by atoms with Crippen molar-refractivity contribution in [1.29, 1.82) is 0 Å². The van der Waals surface area contributed by atoms with E-state index in [1.165, 1.54) is 0 Å². The Balaban J connectivity index is 2.73. The van der Waals surface area contributed by atoms with Crippen molar-refractivity contribution in [3.63, 3.8) is 0 Å². The quantitative estimate of drug-likeness (QED) is 0.367. The van der Waals surface area contributed by atoms with Crippen LogP contribution in [0, 0.1) is 5.41 Å². The van der Waals surface area contributed by atoms with Crippen LogP contribution in [-0.4, -0.2) is 28.0 Å². The van der Waals surface area contributed by atoms with Crippen LogP contribution >= 0.6 is 15.9 Å². The van der Waals surface area contributed by atoms with E-state index in [9.17, 15) is 14.7 Å². The average molecular weight is 305 g/mol. The SMILES string of the molecule is CCC(CC)(C(=O)O)C(=O)OC1C=CC(Br)C1. The number of hydrogen-bond donors (Lipinski definition) is 1. The number of carbonyl (C=O) groups is 2. The van der Waals surface area contributed by atoms with E-state index in [0.717, 1.165) is 0 Å². The van der Waals surface area contributed by atoms with Gasteiger partial charge in [-0.1, -0.05) is 35.9 Å². The Hall–Kier alpha value is -0.840. The molecule has 1 aliphatic carbocycles. The molecule has 0 radical (unpaired) electrons. The molecule has 0 amide bonds. The van der Waals surface area contributed by atoms with Crippen LogP contribution in [0.1, 0.15) is 33.1 Å². The fraction of sp³-hybridized carbons (Fsp3) is 0.667. The second-order valence-electron chi connectivity index (χ2n) is 4.17. The molecule has 1 rings (SSSR count). The summed E-state index contributed by atoms with van der Waals surface area (Å²) in [6, 6.07) is 0. The highest BCUT2D eigenvalue weighted by atomic mass is 79.9. The van der Waals surface area contributed by atoms with Gasteiger partial charge in [0.15, 0.2) is 5.41 Å². The molecule has 0 heterocycles. The summed E-state index contributed by atoms with van der Waals surface area (Å²) in [6.45, 7) is 3.38. The number of allylic oxidation sites excluding steroid dienone is 1. The maximum Gasteiger partial charge on any atom is 0.324 e. The molecule has 0 aliphatic heterocycles. The number of carbonyl (C=O) groups excluding carboxylic acids is 1. The van der Waals surface area contributed by atoms with Gasteiger partial charge < -0.3 is 9.84 Å². The lowest BCUT2D eigenvalue weighted by Gasteiger charge is -2.25. The van der Waals surface area contributed by atoms with Crippen molar-refractivity contribution in [1.82, 2.24) is 0 Å². The van der Waals surface area contributed by atoms with E-state index in [0.29, 0.717) is 6.42 Å². The van der Waals surface area contributed by atoms with Gasteiger partial charge >= 0.3 is 11.9 Å². The Labute approximate surface area is 109 Å². The normalized spacial score (nSPS) is 23.7. The van der Waals surface area contributed by atoms with Crippen molar-refractivity contribution in [3.05, 3.63) is 12.2 Å². The van der Waals surface area contributed by atoms with E-state index < -0.39 is 17.4 Å². The van der Waals surface area contributed by atoms with Gasteiger partial charge in [0, 0.05) is 11.2 Å². The van der Waals surface area contributed by atoms with E-state index in [4.69, 9.17) is 4.74 Å². The van der Waals surface area contributed by atoms with Gasteiger partial charge in [-0.15, -0.1) is 0 Å². The fourth-order valence-corrected chi connectivity index (χ4v) is 2.43. The summed E-state index contributed by atoms with van der Waals surface area (Å²) in [4.78, 5) is 23.4. The van der Waals surface area contributed by atoms with Crippen molar-refractivity contribution < 1.29 is 19.4 Å². The highest BCUT2D eigenvalue weighted by Gasteiger charge is 2.45. The number of carboxylic acids is 1. The molecule has 2 unspecified atom stereocenters. The van der Waals surface area contributed by atoms with Crippen molar-refractivity contribution >= 4 is 27.9 Å². The van der Waals surface area contributed by atoms with E-state index in [2.05, 4.69) is 15.9 Å². The molecule has 2 atom stereocenters. The van der Waals surface area contributed by atoms with Crippen LogP contribution < -0.4 is 0 Å². The zero-order valence-corrected chi connectivity index (χ0v) is 11.6. The number of alkyl halides is 1. The molecule has 0 bridgehead atoms. The third-order valence-electron chi connectivity index (χ3n) is 3.26. The van der Waals surface area contributed by atoms with Gasteiger partial charge in [-0.25, -0.2) is 0 Å². The first-order chi connectivity index (χ1) is 7.96. The van der Waals surface area contributed by atoms with Gasteiger partial charge in [0.25, 0.3) is 0 Å². The predicted octanol–water partition coefficient (Wildman–Crippen LogP) is 2.51. The van der Waals surface area contributed by atoms with Crippen LogP contribution in [0.2, 0.25) is 0 Å². The van der Waals surface area contributed by atoms with Crippen molar-refractivity contribution in [2.45, 2.75) is 44.0 Å². The lowest BCUT2D eigenvalue weighted by molar-refractivity contribution is -0.171. The number of halogens is 1. The number of esters is 1. The van der Waals surface area contributed by atoms with Gasteiger partial charge in [-0.05, 0) is 18.9 Å². The zero-order valence-electron chi connectivity index (χ0n) is 9.98. The van der Waals surface area contributed by atoms with Gasteiger partial charge in [-0.3, -0.25) is 9.59 Å². The van der Waals surface area contributed by atoms with Crippen LogP contribution in [0.25, 0.3) is 0 Å². The van der Waals surface area contributed by atoms with Crippen molar-refractivity contribution in [2.24, 2.45) is 5.41 Å². The summed E-state index contributed by atoms with van der Waals surface area (Å²) in [5, 5.41) is 9.19. The molecule has 0 saturated carbocycles. The minimum Gasteiger partial charge on any atom is -0.480 e. The molecule has 0 spiro atoms. The minimum atomic E-state index is -1.40. The first-order valence-electron chi connectivity index (χ1n) is 5.73. The second kappa shape index (κ2) is 5.67. The molecule has 17 heavy (non-hydrogen) atoms. The Kier molecular flexibility index (Phi) is 4.74. The maximum atomic E-state index is 12.0. The molecule has 4 nitrogen and oxygen atoms in total. The molecule has 1 N–H and O–H groups in total. The Bertz CT molecular complexity index is 333. The van der Waals surface area contributed by atoms with Gasteiger partial charge in [0.05, 0.1) is 0 Å². The molecule has 5 heteroatoms. The number of ether oxygens (including phenoxy) is 1. The summed E-state index contributed by atoms with van der Waals surface area (Å²) < 4.78 is 5.25. The summed E-state index contributed by atoms with van der Waals surface area (Å²) >= 11 is 3.39. The number of rotatable bonds is 5. The molecule has 0 aromatic carbocycles. The van der Waals surface area contributed by atoms with Crippen molar-refractivity contribution in [2.75, 3.05) is 0 Å². The highest BCUT2D eigenvalue weighted by Crippen LogP contribution is 2.31. The minimum absolute atomic E-state index is 0.197. The molecular formula is C12H17BrO4. The molecule has 1 aliphatic rings. The number of aliphatic carboxylic acids is 1. The Morgan fingerprint density at radius 1 is 1.41 bits per heavy atom. The molecule has 0 aromatic rings. The Morgan fingerprint density at radius 2 is 2.00 bits per heavy atom.